The van der Waals surface area contributed by atoms with E-state index in [1.807, 2.05) is 0 Å². The van der Waals surface area contributed by atoms with Gasteiger partial charge in [0.2, 0.25) is 20.0 Å². The maximum absolute atomic E-state index is 11.5. The fourth-order valence-electron chi connectivity index (χ4n) is 3.66. The highest BCUT2D eigenvalue weighted by Crippen LogP contribution is 2.39. The van der Waals surface area contributed by atoms with Crippen LogP contribution in [0.2, 0.25) is 0 Å². The first-order valence-corrected chi connectivity index (χ1v) is 15.0. The zero-order chi connectivity index (χ0) is 28.8. The summed E-state index contributed by atoms with van der Waals surface area (Å²) in [6.07, 6.45) is 8.58. The second kappa shape index (κ2) is 11.9. The quantitative estimate of drug-likeness (QED) is 0.237. The van der Waals surface area contributed by atoms with E-state index in [0.717, 1.165) is 12.5 Å². The summed E-state index contributed by atoms with van der Waals surface area (Å²) in [4.78, 5) is 5.22. The minimum atomic E-state index is -3.46. The molecule has 2 aromatic carbocycles. The van der Waals surface area contributed by atoms with Crippen LogP contribution in [0.4, 0.5) is 17.1 Å². The topological polar surface area (TPSA) is 159 Å². The standard InChI is InChI=1S/C26H26N6O5S2/c1-29-22(17-28)26(18-9-11-20(12-10-18)30-38(3,33)34)19(16-27)7-5-6-8-25-32(2)23-15-21(31-39(4,35)36)13-14-24(23)37-25/h5-15,30-31H,17,28H2,2-4H3. The van der Waals surface area contributed by atoms with Crippen molar-refractivity contribution in [3.05, 3.63) is 101 Å². The molecule has 0 fully saturated rings. The molecule has 202 valence electrons. The molecule has 4 N–H and O–H groups in total. The molecular weight excluding hydrogens is 540 g/mol. The molecule has 0 saturated carbocycles. The van der Waals surface area contributed by atoms with Crippen molar-refractivity contribution in [2.24, 2.45) is 5.73 Å². The van der Waals surface area contributed by atoms with Crippen LogP contribution in [-0.2, 0) is 20.0 Å². The molecule has 0 aliphatic carbocycles. The summed E-state index contributed by atoms with van der Waals surface area (Å²) < 4.78 is 56.7. The van der Waals surface area contributed by atoms with Crippen LogP contribution in [0, 0.1) is 17.9 Å². The number of rotatable bonds is 9. The second-order valence-corrected chi connectivity index (χ2v) is 11.9. The first-order chi connectivity index (χ1) is 18.3. The molecule has 2 aromatic rings. The van der Waals surface area contributed by atoms with Crippen molar-refractivity contribution in [2.45, 2.75) is 0 Å². The maximum atomic E-state index is 11.5. The Morgan fingerprint density at radius 3 is 2.26 bits per heavy atom. The summed E-state index contributed by atoms with van der Waals surface area (Å²) in [5.74, 6) is 1.02. The zero-order valence-electron chi connectivity index (χ0n) is 21.3. The molecule has 39 heavy (non-hydrogen) atoms. The van der Waals surface area contributed by atoms with Gasteiger partial charge in [0.1, 0.15) is 0 Å². The fraction of sp³-hybridized carbons (Fsp3) is 0.154. The van der Waals surface area contributed by atoms with E-state index >= 15 is 0 Å². The van der Waals surface area contributed by atoms with Crippen LogP contribution in [0.1, 0.15) is 5.56 Å². The van der Waals surface area contributed by atoms with Gasteiger partial charge >= 0.3 is 0 Å². The third-order valence-corrected chi connectivity index (χ3v) is 6.48. The highest BCUT2D eigenvalue weighted by atomic mass is 32.2. The van der Waals surface area contributed by atoms with E-state index in [1.54, 1.807) is 60.5 Å². The molecule has 13 heteroatoms. The Morgan fingerprint density at radius 1 is 1.08 bits per heavy atom. The zero-order valence-corrected chi connectivity index (χ0v) is 23.0. The lowest BCUT2D eigenvalue weighted by molar-refractivity contribution is 0.444. The number of nitrogens with one attached hydrogen (secondary N) is 2. The van der Waals surface area contributed by atoms with Gasteiger partial charge in [-0.25, -0.2) is 21.7 Å². The summed E-state index contributed by atoms with van der Waals surface area (Å²) in [6, 6.07) is 13.3. The number of hydrogen-bond donors (Lipinski definition) is 3. The van der Waals surface area contributed by atoms with Crippen molar-refractivity contribution in [2.75, 3.05) is 40.4 Å². The van der Waals surface area contributed by atoms with E-state index in [-0.39, 0.29) is 17.8 Å². The van der Waals surface area contributed by atoms with Gasteiger partial charge in [0.05, 0.1) is 36.5 Å². The Morgan fingerprint density at radius 2 is 1.69 bits per heavy atom. The average Bonchev–Trinajstić information content (AvgIpc) is 3.16. The Labute approximate surface area is 228 Å². The number of allylic oxidation sites excluding steroid dienone is 6. The van der Waals surface area contributed by atoms with Crippen molar-refractivity contribution in [1.82, 2.24) is 0 Å². The molecule has 0 saturated heterocycles. The third-order valence-electron chi connectivity index (χ3n) is 5.26. The van der Waals surface area contributed by atoms with Gasteiger partial charge in [-0.05, 0) is 48.0 Å². The van der Waals surface area contributed by atoms with E-state index in [0.29, 0.717) is 39.8 Å². The molecule has 0 radical (unpaired) electrons. The maximum Gasteiger partial charge on any atom is 0.229 e. The number of nitrogens with zero attached hydrogens (tertiary/aromatic N) is 3. The largest absolute Gasteiger partial charge is 0.439 e. The summed E-state index contributed by atoms with van der Waals surface area (Å²) in [5, 5.41) is 9.86. The van der Waals surface area contributed by atoms with Crippen LogP contribution in [0.25, 0.3) is 10.4 Å². The number of fused-ring (bicyclic) bond motifs is 1. The van der Waals surface area contributed by atoms with Gasteiger partial charge in [-0.2, -0.15) is 5.26 Å². The van der Waals surface area contributed by atoms with Crippen molar-refractivity contribution < 1.29 is 21.6 Å². The Bertz CT molecular complexity index is 1690. The summed E-state index contributed by atoms with van der Waals surface area (Å²) in [6.45, 7) is 7.42. The average molecular weight is 567 g/mol. The molecule has 1 heterocycles. The van der Waals surface area contributed by atoms with E-state index in [1.165, 1.54) is 18.2 Å². The molecule has 0 aromatic heterocycles. The second-order valence-electron chi connectivity index (χ2n) is 8.39. The van der Waals surface area contributed by atoms with E-state index in [9.17, 15) is 22.1 Å². The predicted octanol–water partition coefficient (Wildman–Crippen LogP) is 3.40. The first kappa shape index (κ1) is 29.0. The van der Waals surface area contributed by atoms with Crippen molar-refractivity contribution in [3.63, 3.8) is 0 Å². The molecule has 0 amide bonds. The lowest BCUT2D eigenvalue weighted by Gasteiger charge is -2.11. The molecule has 3 rings (SSSR count). The van der Waals surface area contributed by atoms with Gasteiger partial charge < -0.3 is 15.4 Å². The Kier molecular flexibility index (Phi) is 8.83. The monoisotopic (exact) mass is 566 g/mol. The number of hydrogen-bond acceptors (Lipinski definition) is 8. The van der Waals surface area contributed by atoms with Gasteiger partial charge in [0.25, 0.3) is 0 Å². The number of nitrogens with two attached hydrogens (primary N) is 1. The van der Waals surface area contributed by atoms with Gasteiger partial charge in [0, 0.05) is 30.4 Å². The number of ether oxygens (including phenoxy) is 1. The molecular formula is C26H26N6O5S2. The smallest absolute Gasteiger partial charge is 0.229 e. The Balaban J connectivity index is 1.87. The van der Waals surface area contributed by atoms with Crippen LogP contribution >= 0.6 is 0 Å². The highest BCUT2D eigenvalue weighted by molar-refractivity contribution is 7.92. The number of benzene rings is 2. The highest BCUT2D eigenvalue weighted by Gasteiger charge is 2.23. The predicted molar refractivity (Wildman–Crippen MR) is 152 cm³/mol. The molecule has 0 spiro atoms. The van der Waals surface area contributed by atoms with E-state index in [4.69, 9.17) is 17.0 Å². The van der Waals surface area contributed by atoms with Crippen molar-refractivity contribution >= 4 is 42.7 Å². The third kappa shape index (κ3) is 7.72. The molecule has 11 nitrogen and oxygen atoms in total. The molecule has 0 atom stereocenters. The van der Waals surface area contributed by atoms with Crippen LogP contribution in [0.5, 0.6) is 5.75 Å². The summed E-state index contributed by atoms with van der Waals surface area (Å²) in [7, 11) is -5.12. The number of sulfonamides is 2. The van der Waals surface area contributed by atoms with Gasteiger partial charge in [0.15, 0.2) is 17.3 Å². The van der Waals surface area contributed by atoms with Gasteiger partial charge in [-0.3, -0.25) is 9.44 Å². The molecule has 0 bridgehead atoms. The first-order valence-electron chi connectivity index (χ1n) is 11.3. The SMILES string of the molecule is [C-]#[N+]C(CN)=C(C(C#N)=CC=CC=C1Oc2ccc(NS(C)(=O)=O)cc2N1C)c1ccc(NS(C)(=O)=O)cc1. The fourth-order valence-corrected chi connectivity index (χ4v) is 4.77. The minimum Gasteiger partial charge on any atom is -0.439 e. The molecule has 0 unspecified atom stereocenters. The summed E-state index contributed by atoms with van der Waals surface area (Å²) in [5.41, 5.74) is 8.41. The van der Waals surface area contributed by atoms with E-state index < -0.39 is 20.0 Å². The lowest BCUT2D eigenvalue weighted by atomic mass is 9.95. The lowest BCUT2D eigenvalue weighted by Crippen LogP contribution is -2.13. The van der Waals surface area contributed by atoms with Crippen molar-refractivity contribution in [3.8, 4) is 11.8 Å². The van der Waals surface area contributed by atoms with Gasteiger partial charge in [-0.1, -0.05) is 24.3 Å². The normalized spacial score (nSPS) is 15.3. The number of nitriles is 1. The number of anilines is 3. The van der Waals surface area contributed by atoms with Crippen LogP contribution in [0.3, 0.4) is 0 Å². The van der Waals surface area contributed by atoms with Crippen molar-refractivity contribution in [1.29, 1.82) is 5.26 Å². The minimum absolute atomic E-state index is 0.0952. The van der Waals surface area contributed by atoms with Crippen LogP contribution in [-0.4, -0.2) is 42.9 Å². The Hall–Kier alpha value is -4.56. The van der Waals surface area contributed by atoms with Crippen LogP contribution in [0.15, 0.2) is 83.9 Å². The van der Waals surface area contributed by atoms with Crippen LogP contribution < -0.4 is 24.8 Å². The summed E-state index contributed by atoms with van der Waals surface area (Å²) >= 11 is 0. The van der Waals surface area contributed by atoms with E-state index in [2.05, 4.69) is 20.4 Å². The van der Waals surface area contributed by atoms with Gasteiger partial charge in [-0.15, -0.1) is 0 Å². The molecule has 1 aliphatic heterocycles. The molecule has 1 aliphatic rings.